The zero-order chi connectivity index (χ0) is 16.5. The lowest BCUT2D eigenvalue weighted by Crippen LogP contribution is -2.22. The van der Waals surface area contributed by atoms with Gasteiger partial charge in [-0.05, 0) is 49.0 Å². The largest absolute Gasteiger partial charge is 0.497 e. The van der Waals surface area contributed by atoms with Crippen LogP contribution in [0.2, 0.25) is 0 Å². The first-order valence-corrected chi connectivity index (χ1v) is 8.99. The lowest BCUT2D eigenvalue weighted by molar-refractivity contribution is -0.112. The number of aromatic nitrogens is 1. The van der Waals surface area contributed by atoms with Gasteiger partial charge in [-0.1, -0.05) is 12.1 Å². The molecule has 1 aliphatic heterocycles. The summed E-state index contributed by atoms with van der Waals surface area (Å²) >= 11 is 1.51. The quantitative estimate of drug-likeness (QED) is 0.833. The molecule has 1 aromatic heterocycles. The monoisotopic (exact) mass is 338 g/mol. The van der Waals surface area contributed by atoms with Gasteiger partial charge < -0.3 is 4.74 Å². The molecule has 0 saturated carbocycles. The van der Waals surface area contributed by atoms with E-state index >= 15 is 0 Å². The third-order valence-corrected chi connectivity index (χ3v) is 5.55. The number of ether oxygens (including phenoxy) is 1. The Labute approximate surface area is 144 Å². The van der Waals surface area contributed by atoms with E-state index in [2.05, 4.69) is 9.98 Å². The SMILES string of the molecule is COc1cccc(-c2cnc(C3=NC4=C(CCCC4)CC3=O)s2)c1. The zero-order valence-corrected chi connectivity index (χ0v) is 14.4. The van der Waals surface area contributed by atoms with E-state index in [0.717, 1.165) is 46.2 Å². The molecular formula is C19H18N2O2S. The van der Waals surface area contributed by atoms with E-state index in [1.807, 2.05) is 30.5 Å². The highest BCUT2D eigenvalue weighted by Gasteiger charge is 2.27. The molecule has 0 spiro atoms. The fraction of sp³-hybridized carbons (Fsp3) is 0.316. The molecule has 4 rings (SSSR count). The molecule has 0 saturated heterocycles. The summed E-state index contributed by atoms with van der Waals surface area (Å²) in [6.45, 7) is 0. The number of carbonyl (C=O) groups excluding carboxylic acids is 1. The van der Waals surface area contributed by atoms with Gasteiger partial charge in [0.1, 0.15) is 16.5 Å². The van der Waals surface area contributed by atoms with Crippen LogP contribution in [0.25, 0.3) is 10.4 Å². The van der Waals surface area contributed by atoms with Gasteiger partial charge in [-0.15, -0.1) is 11.3 Å². The minimum absolute atomic E-state index is 0.0993. The summed E-state index contributed by atoms with van der Waals surface area (Å²) in [5.41, 5.74) is 3.93. The Hall–Kier alpha value is -2.27. The van der Waals surface area contributed by atoms with E-state index in [0.29, 0.717) is 12.1 Å². The average Bonchev–Trinajstić information content (AvgIpc) is 3.11. The van der Waals surface area contributed by atoms with Crippen LogP contribution in [0.15, 0.2) is 46.7 Å². The first kappa shape index (κ1) is 15.3. The van der Waals surface area contributed by atoms with Crippen LogP contribution < -0.4 is 4.74 Å². The Morgan fingerprint density at radius 2 is 2.08 bits per heavy atom. The van der Waals surface area contributed by atoms with E-state index in [1.54, 1.807) is 7.11 Å². The third kappa shape index (κ3) is 2.80. The van der Waals surface area contributed by atoms with Crippen molar-refractivity contribution in [2.75, 3.05) is 7.11 Å². The molecule has 0 unspecified atom stereocenters. The highest BCUT2D eigenvalue weighted by atomic mass is 32.1. The van der Waals surface area contributed by atoms with Crippen molar-refractivity contribution in [2.24, 2.45) is 4.99 Å². The Bertz CT molecular complexity index is 864. The molecule has 0 atom stereocenters. The van der Waals surface area contributed by atoms with Crippen molar-refractivity contribution in [1.29, 1.82) is 0 Å². The molecule has 24 heavy (non-hydrogen) atoms. The molecule has 2 aliphatic rings. The Kier molecular flexibility index (Phi) is 4.02. The van der Waals surface area contributed by atoms with Crippen molar-refractivity contribution in [2.45, 2.75) is 32.1 Å². The molecule has 0 fully saturated rings. The van der Waals surface area contributed by atoms with Crippen molar-refractivity contribution >= 4 is 22.8 Å². The summed E-state index contributed by atoms with van der Waals surface area (Å²) < 4.78 is 5.28. The normalized spacial score (nSPS) is 17.5. The predicted octanol–water partition coefficient (Wildman–Crippen LogP) is 4.41. The van der Waals surface area contributed by atoms with Crippen molar-refractivity contribution in [3.63, 3.8) is 0 Å². The van der Waals surface area contributed by atoms with E-state index in [-0.39, 0.29) is 5.78 Å². The molecule has 5 heteroatoms. The minimum Gasteiger partial charge on any atom is -0.497 e. The number of hydrogen-bond donors (Lipinski definition) is 0. The van der Waals surface area contributed by atoms with Gasteiger partial charge in [-0.25, -0.2) is 9.98 Å². The van der Waals surface area contributed by atoms with Crippen LogP contribution in [0.3, 0.4) is 0 Å². The maximum atomic E-state index is 12.5. The molecule has 2 heterocycles. The summed E-state index contributed by atoms with van der Waals surface area (Å²) in [6.07, 6.45) is 6.67. The number of methoxy groups -OCH3 is 1. The number of aliphatic imine (C=N–C) groups is 1. The summed E-state index contributed by atoms with van der Waals surface area (Å²) in [7, 11) is 1.65. The molecule has 1 aromatic carbocycles. The number of allylic oxidation sites excluding steroid dienone is 2. The van der Waals surface area contributed by atoms with Crippen LogP contribution in [0.4, 0.5) is 0 Å². The van der Waals surface area contributed by atoms with Crippen molar-refractivity contribution in [3.05, 3.63) is 46.7 Å². The van der Waals surface area contributed by atoms with Gasteiger partial charge in [0.2, 0.25) is 0 Å². The Balaban J connectivity index is 1.68. The molecule has 0 radical (unpaired) electrons. The predicted molar refractivity (Wildman–Crippen MR) is 95.8 cm³/mol. The summed E-state index contributed by atoms with van der Waals surface area (Å²) in [6, 6.07) is 7.86. The van der Waals surface area contributed by atoms with Gasteiger partial charge in [0, 0.05) is 18.3 Å². The number of nitrogens with zero attached hydrogens (tertiary/aromatic N) is 2. The van der Waals surface area contributed by atoms with E-state index in [1.165, 1.54) is 23.3 Å². The van der Waals surface area contributed by atoms with Crippen LogP contribution in [-0.4, -0.2) is 23.6 Å². The fourth-order valence-electron chi connectivity index (χ4n) is 3.21. The van der Waals surface area contributed by atoms with E-state index in [9.17, 15) is 4.79 Å². The smallest absolute Gasteiger partial charge is 0.188 e. The lowest BCUT2D eigenvalue weighted by Gasteiger charge is -2.21. The first-order chi connectivity index (χ1) is 11.7. The van der Waals surface area contributed by atoms with Crippen LogP contribution >= 0.6 is 11.3 Å². The van der Waals surface area contributed by atoms with Gasteiger partial charge in [0.15, 0.2) is 5.78 Å². The number of Topliss-reactive ketones (excluding diaryl/α,β-unsaturated/α-hetero) is 1. The van der Waals surface area contributed by atoms with Crippen molar-refractivity contribution in [3.8, 4) is 16.2 Å². The Morgan fingerprint density at radius 3 is 2.96 bits per heavy atom. The van der Waals surface area contributed by atoms with Crippen LogP contribution in [0.1, 0.15) is 37.1 Å². The number of benzene rings is 1. The molecule has 1 aliphatic carbocycles. The van der Waals surface area contributed by atoms with Crippen molar-refractivity contribution < 1.29 is 9.53 Å². The Morgan fingerprint density at radius 1 is 1.21 bits per heavy atom. The zero-order valence-electron chi connectivity index (χ0n) is 13.5. The molecule has 122 valence electrons. The van der Waals surface area contributed by atoms with Crippen LogP contribution in [0.5, 0.6) is 5.75 Å². The number of thiazole rings is 1. The van der Waals surface area contributed by atoms with Crippen molar-refractivity contribution in [1.82, 2.24) is 4.98 Å². The maximum absolute atomic E-state index is 12.5. The fourth-order valence-corrected chi connectivity index (χ4v) is 4.13. The topological polar surface area (TPSA) is 51.6 Å². The van der Waals surface area contributed by atoms with Gasteiger partial charge in [-0.2, -0.15) is 0 Å². The lowest BCUT2D eigenvalue weighted by atomic mass is 9.90. The number of hydrogen-bond acceptors (Lipinski definition) is 5. The van der Waals surface area contributed by atoms with Gasteiger partial charge in [-0.3, -0.25) is 4.79 Å². The van der Waals surface area contributed by atoms with Gasteiger partial charge in [0.05, 0.1) is 12.0 Å². The number of rotatable bonds is 3. The maximum Gasteiger partial charge on any atom is 0.188 e. The van der Waals surface area contributed by atoms with Gasteiger partial charge in [0.25, 0.3) is 0 Å². The highest BCUT2D eigenvalue weighted by molar-refractivity contribution is 7.17. The average molecular weight is 338 g/mol. The molecule has 2 aromatic rings. The second-order valence-corrected chi connectivity index (χ2v) is 7.11. The second kappa shape index (κ2) is 6.32. The van der Waals surface area contributed by atoms with E-state index in [4.69, 9.17) is 4.74 Å². The summed E-state index contributed by atoms with van der Waals surface area (Å²) in [5.74, 6) is 0.910. The molecule has 0 amide bonds. The van der Waals surface area contributed by atoms with Gasteiger partial charge >= 0.3 is 0 Å². The first-order valence-electron chi connectivity index (χ1n) is 8.18. The third-order valence-electron chi connectivity index (χ3n) is 4.50. The molecule has 0 bridgehead atoms. The molecule has 0 N–H and O–H groups in total. The highest BCUT2D eigenvalue weighted by Crippen LogP contribution is 2.34. The van der Waals surface area contributed by atoms with Crippen LogP contribution in [0, 0.1) is 0 Å². The minimum atomic E-state index is 0.0993. The molecule has 4 nitrogen and oxygen atoms in total. The van der Waals surface area contributed by atoms with E-state index < -0.39 is 0 Å². The molecular weight excluding hydrogens is 320 g/mol. The second-order valence-electron chi connectivity index (χ2n) is 6.08. The number of ketones is 1. The summed E-state index contributed by atoms with van der Waals surface area (Å²) in [5, 5.41) is 0.718. The van der Waals surface area contributed by atoms with Crippen LogP contribution in [-0.2, 0) is 4.79 Å². The summed E-state index contributed by atoms with van der Waals surface area (Å²) in [4.78, 5) is 22.6. The standard InChI is InChI=1S/C19H18N2O2S/c1-23-14-7-4-6-13(9-14)17-11-20-19(24-17)18-16(22)10-12-5-2-3-8-15(12)21-18/h4,6-7,9,11H,2-3,5,8,10H2,1H3. The number of carbonyl (C=O) groups is 1.